The molecule has 0 radical (unpaired) electrons. The first-order valence-corrected chi connectivity index (χ1v) is 4.87. The number of benzene rings is 1. The quantitative estimate of drug-likeness (QED) is 0.828. The zero-order valence-corrected chi connectivity index (χ0v) is 9.58. The molecule has 1 nitrogen and oxygen atoms in total. The van der Waals surface area contributed by atoms with Crippen LogP contribution in [0.5, 0.6) is 0 Å². The highest BCUT2D eigenvalue weighted by molar-refractivity contribution is 9.11. The van der Waals surface area contributed by atoms with Crippen molar-refractivity contribution < 1.29 is 0 Å². The van der Waals surface area contributed by atoms with E-state index in [1.54, 1.807) is 0 Å². The summed E-state index contributed by atoms with van der Waals surface area (Å²) in [4.78, 5) is 0. The van der Waals surface area contributed by atoms with Crippen LogP contribution in [0.25, 0.3) is 0 Å². The highest BCUT2D eigenvalue weighted by Crippen LogP contribution is 2.28. The summed E-state index contributed by atoms with van der Waals surface area (Å²) < 4.78 is 2.24. The fourth-order valence-electron chi connectivity index (χ4n) is 0.790. The molecule has 0 atom stereocenters. The Kier molecular flexibility index (Phi) is 2.96. The topological polar surface area (TPSA) is 12.0 Å². The maximum atomic E-state index is 3.47. The molecule has 11 heavy (non-hydrogen) atoms. The van der Waals surface area contributed by atoms with Crippen molar-refractivity contribution in [2.75, 3.05) is 12.4 Å². The minimum atomic E-state index is 1.11. The summed E-state index contributed by atoms with van der Waals surface area (Å²) in [6.45, 7) is 2.06. The smallest absolute Gasteiger partial charge is 0.0360 e. The van der Waals surface area contributed by atoms with E-state index in [4.69, 9.17) is 0 Å². The molecule has 0 spiro atoms. The van der Waals surface area contributed by atoms with E-state index in [1.807, 2.05) is 7.05 Å². The van der Waals surface area contributed by atoms with Gasteiger partial charge in [-0.15, -0.1) is 0 Å². The largest absolute Gasteiger partial charge is 0.388 e. The van der Waals surface area contributed by atoms with Gasteiger partial charge in [0.25, 0.3) is 0 Å². The summed E-state index contributed by atoms with van der Waals surface area (Å²) in [5.74, 6) is 0. The molecule has 1 N–H and O–H groups in total. The van der Waals surface area contributed by atoms with Gasteiger partial charge in [0, 0.05) is 21.7 Å². The predicted molar refractivity (Wildman–Crippen MR) is 56.1 cm³/mol. The molecule has 0 heterocycles. The molecule has 1 rings (SSSR count). The molecule has 60 valence electrons. The number of anilines is 1. The maximum absolute atomic E-state index is 3.47. The molecule has 0 aliphatic heterocycles. The molecule has 1 aromatic carbocycles. The van der Waals surface area contributed by atoms with Gasteiger partial charge < -0.3 is 5.32 Å². The Hall–Kier alpha value is -0.0200. The van der Waals surface area contributed by atoms with Crippen molar-refractivity contribution in [3.05, 3.63) is 26.6 Å². The fourth-order valence-corrected chi connectivity index (χ4v) is 1.98. The van der Waals surface area contributed by atoms with E-state index in [-0.39, 0.29) is 0 Å². The number of hydrogen-bond acceptors (Lipinski definition) is 1. The Morgan fingerprint density at radius 2 is 1.64 bits per heavy atom. The van der Waals surface area contributed by atoms with Crippen molar-refractivity contribution in [2.45, 2.75) is 6.92 Å². The minimum Gasteiger partial charge on any atom is -0.388 e. The zero-order chi connectivity index (χ0) is 8.43. The summed E-state index contributed by atoms with van der Waals surface area (Å²) in [6, 6.07) is 4.11. The molecule has 0 fully saturated rings. The normalized spacial score (nSPS) is 9.82. The molecule has 0 aliphatic carbocycles. The first-order valence-electron chi connectivity index (χ1n) is 3.28. The third-order valence-electron chi connectivity index (χ3n) is 1.57. The van der Waals surface area contributed by atoms with Gasteiger partial charge in [-0.3, -0.25) is 0 Å². The second kappa shape index (κ2) is 3.59. The summed E-state index contributed by atoms with van der Waals surface area (Å²) in [5.41, 5.74) is 2.33. The standard InChI is InChI=1S/C8H9Br2N/c1-5-7(9)3-6(11-2)4-8(5)10/h3-4,11H,1-2H3. The highest BCUT2D eigenvalue weighted by atomic mass is 79.9. The number of rotatable bonds is 1. The van der Waals surface area contributed by atoms with Crippen LogP contribution in [0.2, 0.25) is 0 Å². The number of hydrogen-bond donors (Lipinski definition) is 1. The second-order valence-corrected chi connectivity index (χ2v) is 4.02. The van der Waals surface area contributed by atoms with Crippen LogP contribution in [-0.4, -0.2) is 7.05 Å². The van der Waals surface area contributed by atoms with E-state index < -0.39 is 0 Å². The molecule has 3 heteroatoms. The lowest BCUT2D eigenvalue weighted by Crippen LogP contribution is -1.89. The van der Waals surface area contributed by atoms with Crippen LogP contribution in [0.3, 0.4) is 0 Å². The van der Waals surface area contributed by atoms with Crippen molar-refractivity contribution in [3.8, 4) is 0 Å². The summed E-state index contributed by atoms with van der Waals surface area (Å²) >= 11 is 6.94. The van der Waals surface area contributed by atoms with Crippen molar-refractivity contribution in [3.63, 3.8) is 0 Å². The van der Waals surface area contributed by atoms with E-state index in [0.717, 1.165) is 14.6 Å². The van der Waals surface area contributed by atoms with Crippen molar-refractivity contribution in [1.29, 1.82) is 0 Å². The van der Waals surface area contributed by atoms with Gasteiger partial charge in [0.15, 0.2) is 0 Å². The lowest BCUT2D eigenvalue weighted by atomic mass is 10.2. The molecule has 0 amide bonds. The van der Waals surface area contributed by atoms with Crippen LogP contribution in [0.1, 0.15) is 5.56 Å². The van der Waals surface area contributed by atoms with Crippen LogP contribution in [0.4, 0.5) is 5.69 Å². The SMILES string of the molecule is CNc1cc(Br)c(C)c(Br)c1. The molecular weight excluding hydrogens is 270 g/mol. The van der Waals surface area contributed by atoms with Crippen LogP contribution in [0.15, 0.2) is 21.1 Å². The van der Waals surface area contributed by atoms with Gasteiger partial charge in [-0.25, -0.2) is 0 Å². The summed E-state index contributed by atoms with van der Waals surface area (Å²) in [5, 5.41) is 3.08. The second-order valence-electron chi connectivity index (χ2n) is 2.31. The van der Waals surface area contributed by atoms with Crippen LogP contribution in [-0.2, 0) is 0 Å². The van der Waals surface area contributed by atoms with Crippen molar-refractivity contribution in [1.82, 2.24) is 0 Å². The first kappa shape index (κ1) is 9.07. The lowest BCUT2D eigenvalue weighted by Gasteiger charge is -2.05. The number of halogens is 2. The van der Waals surface area contributed by atoms with E-state index >= 15 is 0 Å². The van der Waals surface area contributed by atoms with E-state index in [9.17, 15) is 0 Å². The zero-order valence-electron chi connectivity index (χ0n) is 6.41. The average Bonchev–Trinajstić information content (AvgIpc) is 1.99. The van der Waals surface area contributed by atoms with Gasteiger partial charge >= 0.3 is 0 Å². The Labute approximate surface area is 83.4 Å². The number of nitrogens with one attached hydrogen (secondary N) is 1. The Morgan fingerprint density at radius 3 is 2.00 bits per heavy atom. The van der Waals surface area contributed by atoms with E-state index in [1.165, 1.54) is 5.56 Å². The molecular formula is C8H9Br2N. The van der Waals surface area contributed by atoms with Gasteiger partial charge in [-0.1, -0.05) is 31.9 Å². The molecule has 0 unspecified atom stereocenters. The van der Waals surface area contributed by atoms with Crippen LogP contribution >= 0.6 is 31.9 Å². The Morgan fingerprint density at radius 1 is 1.18 bits per heavy atom. The summed E-state index contributed by atoms with van der Waals surface area (Å²) in [6.07, 6.45) is 0. The molecule has 0 saturated heterocycles. The van der Waals surface area contributed by atoms with E-state index in [0.29, 0.717) is 0 Å². The van der Waals surface area contributed by atoms with Gasteiger partial charge in [0.1, 0.15) is 0 Å². The van der Waals surface area contributed by atoms with Gasteiger partial charge in [0.2, 0.25) is 0 Å². The third-order valence-corrected chi connectivity index (χ3v) is 3.22. The fraction of sp³-hybridized carbons (Fsp3) is 0.250. The van der Waals surface area contributed by atoms with Crippen molar-refractivity contribution >= 4 is 37.5 Å². The third kappa shape index (κ3) is 1.97. The molecule has 0 aromatic heterocycles. The molecule has 1 aromatic rings. The van der Waals surface area contributed by atoms with Gasteiger partial charge in [-0.05, 0) is 24.6 Å². The lowest BCUT2D eigenvalue weighted by molar-refractivity contribution is 1.37. The Balaban J connectivity index is 3.21. The molecule has 0 bridgehead atoms. The van der Waals surface area contributed by atoms with Crippen LogP contribution in [0, 0.1) is 6.92 Å². The average molecular weight is 279 g/mol. The Bertz CT molecular complexity index is 248. The first-order chi connectivity index (χ1) is 5.15. The predicted octanol–water partition coefficient (Wildman–Crippen LogP) is 3.56. The van der Waals surface area contributed by atoms with Gasteiger partial charge in [0.05, 0.1) is 0 Å². The van der Waals surface area contributed by atoms with Gasteiger partial charge in [-0.2, -0.15) is 0 Å². The monoisotopic (exact) mass is 277 g/mol. The maximum Gasteiger partial charge on any atom is 0.0360 e. The van der Waals surface area contributed by atoms with Crippen LogP contribution < -0.4 is 5.32 Å². The molecule has 0 saturated carbocycles. The highest BCUT2D eigenvalue weighted by Gasteiger charge is 2.00. The minimum absolute atomic E-state index is 1.11. The van der Waals surface area contributed by atoms with Crippen molar-refractivity contribution in [2.24, 2.45) is 0 Å². The summed E-state index contributed by atoms with van der Waals surface area (Å²) in [7, 11) is 1.91. The van der Waals surface area contributed by atoms with E-state index in [2.05, 4.69) is 56.2 Å². The molecule has 0 aliphatic rings.